The average Bonchev–Trinajstić information content (AvgIpc) is 3.00. The Kier molecular flexibility index (Phi) is 14.2. The molecule has 252 valence electrons. The van der Waals surface area contributed by atoms with Gasteiger partial charge in [0.15, 0.2) is 56.9 Å². The molecule has 0 aliphatic carbocycles. The molecule has 0 radical (unpaired) electrons. The minimum absolute atomic E-state index is 0.0314. The molecule has 1 saturated heterocycles. The first-order valence-electron chi connectivity index (χ1n) is 14.8. The largest absolute Gasteiger partial charge is 0.382 e. The molecule has 0 saturated carbocycles. The van der Waals surface area contributed by atoms with Gasteiger partial charge in [-0.15, -0.1) is 0 Å². The number of halogens is 2. The summed E-state index contributed by atoms with van der Waals surface area (Å²) in [4.78, 5) is 50.6. The van der Waals surface area contributed by atoms with Crippen molar-refractivity contribution in [1.29, 1.82) is 0 Å². The fourth-order valence-electron chi connectivity index (χ4n) is 4.58. The quantitative estimate of drug-likeness (QED) is 0.0693. The van der Waals surface area contributed by atoms with Gasteiger partial charge < -0.3 is 44.6 Å². The van der Waals surface area contributed by atoms with E-state index in [1.807, 2.05) is 0 Å². The van der Waals surface area contributed by atoms with E-state index in [1.54, 1.807) is 0 Å². The molecule has 20 heteroatoms. The minimum Gasteiger partial charge on any atom is -0.382 e. The third-order valence-corrected chi connectivity index (χ3v) is 7.63. The Morgan fingerprint density at radius 1 is 0.739 bits per heavy atom. The van der Waals surface area contributed by atoms with Crippen molar-refractivity contribution in [3.8, 4) is 0 Å². The Bertz CT molecular complexity index is 1410. The van der Waals surface area contributed by atoms with E-state index in [0.717, 1.165) is 71.2 Å². The molecule has 0 atom stereocenters. The summed E-state index contributed by atoms with van der Waals surface area (Å²) in [5.74, 6) is -1.18. The standard InChI is InChI=1S/C26H42Cl2N16O2/c27-17-21(31)40-19(29)15(38-17)23(45)42-25(33)36-8-2-1-7-35-13-14-5-11-44(12-6-14)10-4-3-9-37-26(34)43-24(46)16-20(30)41-22(32)18(28)39-16/h14,35H,1-13H2,(H4,29,31,40)(H4,30,32,41)(H3,33,36,42,45)(H3,34,37,43,46). The van der Waals surface area contributed by atoms with Gasteiger partial charge in [-0.2, -0.15) is 0 Å². The smallest absolute Gasteiger partial charge is 0.280 e. The van der Waals surface area contributed by atoms with Crippen molar-refractivity contribution >= 4 is 70.2 Å². The summed E-state index contributed by atoms with van der Waals surface area (Å²) >= 11 is 11.6. The first-order valence-corrected chi connectivity index (χ1v) is 15.5. The van der Waals surface area contributed by atoms with Crippen molar-refractivity contribution in [2.45, 2.75) is 38.5 Å². The molecule has 2 aromatic rings. The van der Waals surface area contributed by atoms with Gasteiger partial charge in [0.25, 0.3) is 11.8 Å². The molecule has 2 amide bonds. The number of likely N-dealkylation sites (tertiary alicyclic amines) is 1. The number of amides is 2. The molecule has 15 N–H and O–H groups in total. The van der Waals surface area contributed by atoms with Crippen molar-refractivity contribution in [3.63, 3.8) is 0 Å². The van der Waals surface area contributed by atoms with Gasteiger partial charge in [-0.3, -0.25) is 30.2 Å². The molecule has 46 heavy (non-hydrogen) atoms. The van der Waals surface area contributed by atoms with Crippen LogP contribution in [0.15, 0.2) is 9.98 Å². The Morgan fingerprint density at radius 2 is 1.22 bits per heavy atom. The number of nitrogens with one attached hydrogen (secondary N) is 3. The van der Waals surface area contributed by atoms with E-state index in [-0.39, 0.29) is 56.9 Å². The van der Waals surface area contributed by atoms with E-state index in [2.05, 4.69) is 50.8 Å². The first kappa shape index (κ1) is 36.2. The normalized spacial score (nSPS) is 14.7. The maximum atomic E-state index is 12.3. The number of piperidine rings is 1. The van der Waals surface area contributed by atoms with Gasteiger partial charge in [0.05, 0.1) is 0 Å². The highest BCUT2D eigenvalue weighted by Gasteiger charge is 2.19. The summed E-state index contributed by atoms with van der Waals surface area (Å²) in [6.07, 6.45) is 5.80. The molecule has 0 spiro atoms. The lowest BCUT2D eigenvalue weighted by Crippen LogP contribution is -2.38. The molecule has 3 rings (SSSR count). The maximum Gasteiger partial charge on any atom is 0.280 e. The molecular weight excluding hydrogens is 639 g/mol. The van der Waals surface area contributed by atoms with Gasteiger partial charge >= 0.3 is 0 Å². The Hall–Kier alpha value is -4.26. The van der Waals surface area contributed by atoms with E-state index in [4.69, 9.17) is 57.6 Å². The highest BCUT2D eigenvalue weighted by molar-refractivity contribution is 6.32. The Balaban J connectivity index is 1.20. The molecule has 0 unspecified atom stereocenters. The lowest BCUT2D eigenvalue weighted by Gasteiger charge is -2.32. The summed E-state index contributed by atoms with van der Waals surface area (Å²) < 4.78 is 0. The highest BCUT2D eigenvalue weighted by atomic mass is 35.5. The van der Waals surface area contributed by atoms with Crippen LogP contribution in [0.5, 0.6) is 0 Å². The summed E-state index contributed by atoms with van der Waals surface area (Å²) in [5, 5.41) is 8.14. The van der Waals surface area contributed by atoms with Crippen LogP contribution in [0, 0.1) is 5.92 Å². The van der Waals surface area contributed by atoms with E-state index in [0.29, 0.717) is 19.0 Å². The highest BCUT2D eigenvalue weighted by Crippen LogP contribution is 2.19. The lowest BCUT2D eigenvalue weighted by molar-refractivity contribution is 0.0964. The number of hydrogen-bond acceptors (Lipinski definition) is 14. The second-order valence-electron chi connectivity index (χ2n) is 10.6. The maximum absolute atomic E-state index is 12.3. The number of guanidine groups is 2. The van der Waals surface area contributed by atoms with Crippen LogP contribution < -0.4 is 50.4 Å². The number of unbranched alkanes of at least 4 members (excludes halogenated alkanes) is 2. The van der Waals surface area contributed by atoms with Crippen LogP contribution in [0.1, 0.15) is 59.5 Å². The Morgan fingerprint density at radius 3 is 1.72 bits per heavy atom. The number of carbonyl (C=O) groups is 2. The van der Waals surface area contributed by atoms with E-state index >= 15 is 0 Å². The van der Waals surface area contributed by atoms with Crippen LogP contribution in [0.4, 0.5) is 23.3 Å². The number of carbonyl (C=O) groups excluding carboxylic acids is 2. The van der Waals surface area contributed by atoms with E-state index in [1.165, 1.54) is 0 Å². The zero-order valence-electron chi connectivity index (χ0n) is 25.4. The second kappa shape index (κ2) is 18.0. The predicted molar refractivity (Wildman–Crippen MR) is 180 cm³/mol. The van der Waals surface area contributed by atoms with Crippen molar-refractivity contribution in [1.82, 2.24) is 40.8 Å². The number of nitrogen functional groups attached to an aromatic ring is 4. The number of anilines is 4. The van der Waals surface area contributed by atoms with Gasteiger partial charge in [-0.25, -0.2) is 19.9 Å². The van der Waals surface area contributed by atoms with E-state index in [9.17, 15) is 9.59 Å². The third-order valence-electron chi connectivity index (χ3n) is 7.07. The monoisotopic (exact) mass is 680 g/mol. The van der Waals surface area contributed by atoms with Crippen LogP contribution in [-0.4, -0.2) is 94.4 Å². The van der Waals surface area contributed by atoms with E-state index < -0.39 is 11.8 Å². The van der Waals surface area contributed by atoms with Gasteiger partial charge in [0.1, 0.15) is 0 Å². The SMILES string of the molecule is NC(=NCCCCNCC1CCN(CCCCN=C(N)NC(=O)c2nc(Cl)c(N)nc2N)CC1)NC(=O)c1nc(Cl)c(N)nc1N. The molecule has 1 aliphatic rings. The zero-order chi connectivity index (χ0) is 33.6. The number of aromatic nitrogens is 4. The fourth-order valence-corrected chi connectivity index (χ4v) is 4.83. The molecule has 18 nitrogen and oxygen atoms in total. The zero-order valence-corrected chi connectivity index (χ0v) is 26.9. The van der Waals surface area contributed by atoms with Gasteiger partial charge in [-0.05, 0) is 77.2 Å². The van der Waals surface area contributed by atoms with Crippen molar-refractivity contribution in [3.05, 3.63) is 21.7 Å². The molecular formula is C26H42Cl2N16O2. The molecule has 1 fully saturated rings. The number of nitrogens with two attached hydrogens (primary N) is 6. The summed E-state index contributed by atoms with van der Waals surface area (Å²) in [7, 11) is 0. The van der Waals surface area contributed by atoms with Crippen molar-refractivity contribution < 1.29 is 9.59 Å². The van der Waals surface area contributed by atoms with Crippen LogP contribution in [-0.2, 0) is 0 Å². The summed E-state index contributed by atoms with van der Waals surface area (Å²) in [6, 6.07) is 0. The van der Waals surface area contributed by atoms with Crippen molar-refractivity contribution in [2.75, 3.05) is 68.7 Å². The topological polar surface area (TPSA) is 306 Å². The molecule has 1 aliphatic heterocycles. The van der Waals surface area contributed by atoms with Crippen LogP contribution in [0.2, 0.25) is 10.3 Å². The fraction of sp³-hybridized carbons (Fsp3) is 0.538. The predicted octanol–water partition coefficient (Wildman–Crippen LogP) is -0.447. The molecule has 0 bridgehead atoms. The van der Waals surface area contributed by atoms with Crippen LogP contribution in [0.3, 0.4) is 0 Å². The van der Waals surface area contributed by atoms with Gasteiger partial charge in [0, 0.05) is 13.1 Å². The number of aliphatic imine (C=N–C) groups is 2. The number of rotatable bonds is 14. The third kappa shape index (κ3) is 11.6. The number of nitrogens with zero attached hydrogens (tertiary/aromatic N) is 7. The second-order valence-corrected chi connectivity index (χ2v) is 11.3. The average molecular weight is 682 g/mol. The summed E-state index contributed by atoms with van der Waals surface area (Å²) in [6.45, 7) is 5.88. The lowest BCUT2D eigenvalue weighted by atomic mass is 9.96. The Labute approximate surface area is 276 Å². The van der Waals surface area contributed by atoms with Gasteiger partial charge in [-0.1, -0.05) is 23.2 Å². The number of hydrogen-bond donors (Lipinski definition) is 9. The molecule has 0 aromatic carbocycles. The molecule has 3 heterocycles. The van der Waals surface area contributed by atoms with Crippen molar-refractivity contribution in [2.24, 2.45) is 27.4 Å². The molecule has 2 aromatic heterocycles. The van der Waals surface area contributed by atoms with Crippen LogP contribution in [0.25, 0.3) is 0 Å². The van der Waals surface area contributed by atoms with Crippen LogP contribution >= 0.6 is 23.2 Å². The van der Waals surface area contributed by atoms with Gasteiger partial charge in [0.2, 0.25) is 0 Å². The summed E-state index contributed by atoms with van der Waals surface area (Å²) in [5.41, 5.74) is 33.7. The first-order chi connectivity index (χ1) is 21.9. The minimum atomic E-state index is -0.664.